The van der Waals surface area contributed by atoms with Gasteiger partial charge in [0.1, 0.15) is 11.6 Å². The van der Waals surface area contributed by atoms with Gasteiger partial charge in [0.15, 0.2) is 6.61 Å². The summed E-state index contributed by atoms with van der Waals surface area (Å²) in [5, 5.41) is 2.88. The smallest absolute Gasteiger partial charge is 0.417 e. The van der Waals surface area contributed by atoms with E-state index in [0.29, 0.717) is 31.1 Å². The van der Waals surface area contributed by atoms with Gasteiger partial charge in [0.05, 0.1) is 5.56 Å². The van der Waals surface area contributed by atoms with Crippen molar-refractivity contribution in [3.8, 4) is 5.75 Å². The Morgan fingerprint density at radius 2 is 2.00 bits per heavy atom. The molecule has 3 rings (SSSR count). The summed E-state index contributed by atoms with van der Waals surface area (Å²) in [5.74, 6) is 0.858. The Balaban J connectivity index is 1.47. The minimum atomic E-state index is -4.40. The summed E-state index contributed by atoms with van der Waals surface area (Å²) >= 11 is 0. The Kier molecular flexibility index (Phi) is 5.53. The number of nitrogens with zero attached hydrogens (tertiary/aromatic N) is 2. The van der Waals surface area contributed by atoms with E-state index in [1.807, 2.05) is 24.0 Å². The van der Waals surface area contributed by atoms with Crippen LogP contribution in [0.25, 0.3) is 0 Å². The molecular weight excluding hydrogens is 359 g/mol. The summed E-state index contributed by atoms with van der Waals surface area (Å²) < 4.78 is 43.3. The molecular formula is C19H20F3N3O2. The molecule has 0 spiro atoms. The summed E-state index contributed by atoms with van der Waals surface area (Å²) in [6.07, 6.45) is -2.87. The molecule has 1 aromatic heterocycles. The maximum absolute atomic E-state index is 12.6. The van der Waals surface area contributed by atoms with E-state index in [1.54, 1.807) is 12.1 Å². The lowest BCUT2D eigenvalue weighted by molar-refractivity contribution is -0.137. The number of hydrogen-bond donors (Lipinski definition) is 1. The standard InChI is InChI=1S/C19H20F3N3O2/c1-13-2-5-16(6-3-13)27-12-18(26)24-15-8-9-25(11-15)17-7-4-14(10-23-17)19(20,21)22/h2-7,10,15H,8-9,11-12H2,1H3,(H,24,26). The molecule has 2 heterocycles. The first-order chi connectivity index (χ1) is 12.8. The highest BCUT2D eigenvalue weighted by atomic mass is 19.4. The van der Waals surface area contributed by atoms with Crippen molar-refractivity contribution in [3.63, 3.8) is 0 Å². The van der Waals surface area contributed by atoms with Crippen molar-refractivity contribution in [2.75, 3.05) is 24.6 Å². The quantitative estimate of drug-likeness (QED) is 0.867. The van der Waals surface area contributed by atoms with Crippen LogP contribution in [0.2, 0.25) is 0 Å². The van der Waals surface area contributed by atoms with Crippen LogP contribution in [0.5, 0.6) is 5.75 Å². The first-order valence-corrected chi connectivity index (χ1v) is 8.58. The van der Waals surface area contributed by atoms with Crippen LogP contribution in [0.1, 0.15) is 17.5 Å². The lowest BCUT2D eigenvalue weighted by Crippen LogP contribution is -2.39. The number of ether oxygens (including phenoxy) is 1. The van der Waals surface area contributed by atoms with Crippen molar-refractivity contribution in [1.29, 1.82) is 0 Å². The maximum atomic E-state index is 12.6. The fourth-order valence-corrected chi connectivity index (χ4v) is 2.88. The Morgan fingerprint density at radius 3 is 2.63 bits per heavy atom. The van der Waals surface area contributed by atoms with Crippen LogP contribution in [-0.2, 0) is 11.0 Å². The third kappa shape index (κ3) is 5.12. The molecule has 0 saturated carbocycles. The van der Waals surface area contributed by atoms with Crippen LogP contribution >= 0.6 is 0 Å². The van der Waals surface area contributed by atoms with Crippen LogP contribution in [0.3, 0.4) is 0 Å². The number of halogens is 3. The van der Waals surface area contributed by atoms with E-state index in [0.717, 1.165) is 17.8 Å². The van der Waals surface area contributed by atoms with E-state index < -0.39 is 11.7 Å². The zero-order valence-electron chi connectivity index (χ0n) is 14.8. The van der Waals surface area contributed by atoms with E-state index in [1.165, 1.54) is 6.07 Å². The van der Waals surface area contributed by atoms with Crippen molar-refractivity contribution in [3.05, 3.63) is 53.7 Å². The van der Waals surface area contributed by atoms with Crippen molar-refractivity contribution >= 4 is 11.7 Å². The number of aromatic nitrogens is 1. The number of anilines is 1. The first-order valence-electron chi connectivity index (χ1n) is 8.58. The number of carbonyl (C=O) groups excluding carboxylic acids is 1. The Bertz CT molecular complexity index is 776. The molecule has 2 aromatic rings. The molecule has 1 aliphatic heterocycles. The number of aryl methyl sites for hydroxylation is 1. The highest BCUT2D eigenvalue weighted by Gasteiger charge is 2.31. The number of benzene rings is 1. The van der Waals surface area contributed by atoms with E-state index in [-0.39, 0.29) is 18.6 Å². The zero-order chi connectivity index (χ0) is 19.4. The van der Waals surface area contributed by atoms with E-state index in [9.17, 15) is 18.0 Å². The third-order valence-electron chi connectivity index (χ3n) is 4.34. The average Bonchev–Trinajstić information content (AvgIpc) is 3.09. The number of carbonyl (C=O) groups is 1. The molecule has 1 unspecified atom stereocenters. The predicted molar refractivity (Wildman–Crippen MR) is 94.7 cm³/mol. The van der Waals surface area contributed by atoms with Crippen LogP contribution in [0.4, 0.5) is 19.0 Å². The van der Waals surface area contributed by atoms with Crippen LogP contribution < -0.4 is 15.0 Å². The number of amides is 1. The molecule has 27 heavy (non-hydrogen) atoms. The summed E-state index contributed by atoms with van der Waals surface area (Å²) in [4.78, 5) is 17.8. The molecule has 1 aromatic carbocycles. The Hall–Kier alpha value is -2.77. The van der Waals surface area contributed by atoms with Gasteiger partial charge in [0.25, 0.3) is 5.91 Å². The molecule has 8 heteroatoms. The summed E-state index contributed by atoms with van der Waals surface area (Å²) in [7, 11) is 0. The van der Waals surface area contributed by atoms with Gasteiger partial charge in [-0.1, -0.05) is 17.7 Å². The van der Waals surface area contributed by atoms with Crippen molar-refractivity contribution < 1.29 is 22.7 Å². The van der Waals surface area contributed by atoms with Gasteiger partial charge in [-0.25, -0.2) is 4.98 Å². The van der Waals surface area contributed by atoms with Crippen molar-refractivity contribution in [2.45, 2.75) is 25.6 Å². The van der Waals surface area contributed by atoms with Crippen LogP contribution in [0.15, 0.2) is 42.6 Å². The van der Waals surface area contributed by atoms with Gasteiger partial charge in [-0.15, -0.1) is 0 Å². The van der Waals surface area contributed by atoms with Gasteiger partial charge in [0, 0.05) is 25.3 Å². The molecule has 5 nitrogen and oxygen atoms in total. The van der Waals surface area contributed by atoms with Crippen LogP contribution in [0, 0.1) is 6.92 Å². The third-order valence-corrected chi connectivity index (χ3v) is 4.34. The van der Waals surface area contributed by atoms with Crippen molar-refractivity contribution in [1.82, 2.24) is 10.3 Å². The second-order valence-electron chi connectivity index (χ2n) is 6.50. The van der Waals surface area contributed by atoms with Gasteiger partial charge < -0.3 is 15.0 Å². The van der Waals surface area contributed by atoms with E-state index in [2.05, 4.69) is 10.3 Å². The molecule has 1 atom stereocenters. The molecule has 0 radical (unpaired) electrons. The minimum Gasteiger partial charge on any atom is -0.484 e. The average molecular weight is 379 g/mol. The predicted octanol–water partition coefficient (Wildman–Crippen LogP) is 3.18. The molecule has 0 aliphatic carbocycles. The highest BCUT2D eigenvalue weighted by Crippen LogP contribution is 2.29. The number of rotatable bonds is 5. The number of nitrogens with one attached hydrogen (secondary N) is 1. The minimum absolute atomic E-state index is 0.0852. The van der Waals surface area contributed by atoms with E-state index >= 15 is 0 Å². The van der Waals surface area contributed by atoms with Gasteiger partial charge in [0.2, 0.25) is 0 Å². The number of pyridine rings is 1. The van der Waals surface area contributed by atoms with E-state index in [4.69, 9.17) is 4.74 Å². The molecule has 1 saturated heterocycles. The lowest BCUT2D eigenvalue weighted by atomic mass is 10.2. The zero-order valence-corrected chi connectivity index (χ0v) is 14.8. The first kappa shape index (κ1) is 19.0. The van der Waals surface area contributed by atoms with Gasteiger partial charge in [-0.05, 0) is 37.6 Å². The number of hydrogen-bond acceptors (Lipinski definition) is 4. The Labute approximate surface area is 155 Å². The summed E-state index contributed by atoms with van der Waals surface area (Å²) in [6, 6.07) is 9.69. The lowest BCUT2D eigenvalue weighted by Gasteiger charge is -2.18. The van der Waals surface area contributed by atoms with Crippen LogP contribution in [-0.4, -0.2) is 36.6 Å². The van der Waals surface area contributed by atoms with Gasteiger partial charge >= 0.3 is 6.18 Å². The summed E-state index contributed by atoms with van der Waals surface area (Å²) in [6.45, 7) is 2.99. The largest absolute Gasteiger partial charge is 0.484 e. The molecule has 1 amide bonds. The Morgan fingerprint density at radius 1 is 1.26 bits per heavy atom. The van der Waals surface area contributed by atoms with Gasteiger partial charge in [-0.2, -0.15) is 13.2 Å². The molecule has 144 valence electrons. The maximum Gasteiger partial charge on any atom is 0.417 e. The molecule has 1 fully saturated rings. The summed E-state index contributed by atoms with van der Waals surface area (Å²) in [5.41, 5.74) is 0.332. The molecule has 1 N–H and O–H groups in total. The fraction of sp³-hybridized carbons (Fsp3) is 0.368. The molecule has 0 bridgehead atoms. The topological polar surface area (TPSA) is 54.5 Å². The highest BCUT2D eigenvalue weighted by molar-refractivity contribution is 5.78. The SMILES string of the molecule is Cc1ccc(OCC(=O)NC2CCN(c3ccc(C(F)(F)F)cn3)C2)cc1. The second-order valence-corrected chi connectivity index (χ2v) is 6.50. The normalized spacial score (nSPS) is 17.0. The monoisotopic (exact) mass is 379 g/mol. The van der Waals surface area contributed by atoms with Gasteiger partial charge in [-0.3, -0.25) is 4.79 Å². The second kappa shape index (κ2) is 7.85. The molecule has 1 aliphatic rings. The fourth-order valence-electron chi connectivity index (χ4n) is 2.88. The number of alkyl halides is 3. The van der Waals surface area contributed by atoms with Crippen molar-refractivity contribution in [2.24, 2.45) is 0 Å².